The first kappa shape index (κ1) is 22.2. The van der Waals surface area contributed by atoms with Gasteiger partial charge in [0, 0.05) is 25.4 Å². The van der Waals surface area contributed by atoms with Gasteiger partial charge in [-0.05, 0) is 66.4 Å². The summed E-state index contributed by atoms with van der Waals surface area (Å²) in [5.74, 6) is 0.750. The van der Waals surface area contributed by atoms with Crippen LogP contribution in [-0.4, -0.2) is 62.4 Å². The van der Waals surface area contributed by atoms with Gasteiger partial charge < -0.3 is 19.9 Å². The molecule has 5 heteroatoms. The standard InChI is InChI=1S/C26H37N4O/c1-30(2)11-8-26(19-30)31-20-25-13-22(6-5-21-4-3-9-27-15-21)12-24(14-25)18-29-17-23-7-10-28-16-23/h3-6,9,12-15,23,26,28-29H,7-8,10-11,16-20H2,1-2H3/q+1/b6-5+. The number of hydrogen-bond donors (Lipinski definition) is 2. The van der Waals surface area contributed by atoms with Crippen LogP contribution in [0.25, 0.3) is 12.2 Å². The summed E-state index contributed by atoms with van der Waals surface area (Å²) in [5, 5.41) is 7.11. The van der Waals surface area contributed by atoms with E-state index in [0.717, 1.165) is 55.1 Å². The van der Waals surface area contributed by atoms with Crippen molar-refractivity contribution in [3.05, 3.63) is 65.0 Å². The molecule has 2 unspecified atom stereocenters. The Morgan fingerprint density at radius 3 is 2.77 bits per heavy atom. The van der Waals surface area contributed by atoms with Crippen molar-refractivity contribution in [3.8, 4) is 0 Å². The normalized spacial score (nSPS) is 23.0. The van der Waals surface area contributed by atoms with Crippen LogP contribution in [0.15, 0.2) is 42.7 Å². The Bertz CT molecular complexity index is 859. The largest absolute Gasteiger partial charge is 0.367 e. The molecule has 166 valence electrons. The summed E-state index contributed by atoms with van der Waals surface area (Å²) in [4.78, 5) is 4.21. The number of likely N-dealkylation sites (N-methyl/N-ethyl adjacent to an activating group) is 1. The van der Waals surface area contributed by atoms with E-state index < -0.39 is 0 Å². The minimum absolute atomic E-state index is 0.362. The highest BCUT2D eigenvalue weighted by atomic mass is 16.5. The summed E-state index contributed by atoms with van der Waals surface area (Å²) in [6, 6.07) is 10.9. The molecule has 2 fully saturated rings. The van der Waals surface area contributed by atoms with Crippen LogP contribution >= 0.6 is 0 Å². The number of aromatic nitrogens is 1. The summed E-state index contributed by atoms with van der Waals surface area (Å²) in [6.45, 7) is 7.23. The first-order valence-electron chi connectivity index (χ1n) is 11.6. The van der Waals surface area contributed by atoms with Gasteiger partial charge in [0.05, 0.1) is 27.2 Å². The zero-order valence-corrected chi connectivity index (χ0v) is 19.0. The molecule has 2 aliphatic heterocycles. The maximum Gasteiger partial charge on any atom is 0.112 e. The van der Waals surface area contributed by atoms with Crippen LogP contribution < -0.4 is 10.6 Å². The topological polar surface area (TPSA) is 46.2 Å². The number of nitrogens with one attached hydrogen (secondary N) is 2. The number of hydrogen-bond acceptors (Lipinski definition) is 4. The van der Waals surface area contributed by atoms with Crippen molar-refractivity contribution in [1.82, 2.24) is 15.6 Å². The highest BCUT2D eigenvalue weighted by Crippen LogP contribution is 2.20. The maximum absolute atomic E-state index is 6.30. The third-order valence-corrected chi connectivity index (χ3v) is 6.39. The highest BCUT2D eigenvalue weighted by molar-refractivity contribution is 5.69. The summed E-state index contributed by atoms with van der Waals surface area (Å²) in [5.41, 5.74) is 4.90. The number of nitrogens with zero attached hydrogens (tertiary/aromatic N) is 2. The van der Waals surface area contributed by atoms with E-state index in [2.05, 4.69) is 66.1 Å². The van der Waals surface area contributed by atoms with Gasteiger partial charge in [-0.3, -0.25) is 4.98 Å². The molecule has 4 rings (SSSR count). The Morgan fingerprint density at radius 1 is 1.16 bits per heavy atom. The predicted molar refractivity (Wildman–Crippen MR) is 127 cm³/mol. The van der Waals surface area contributed by atoms with Crippen molar-refractivity contribution in [2.24, 2.45) is 5.92 Å². The van der Waals surface area contributed by atoms with Crippen molar-refractivity contribution in [1.29, 1.82) is 0 Å². The molecule has 0 spiro atoms. The Balaban J connectivity index is 1.42. The minimum atomic E-state index is 0.362. The molecule has 2 N–H and O–H groups in total. The molecular weight excluding hydrogens is 384 g/mol. The van der Waals surface area contributed by atoms with Gasteiger partial charge in [0.2, 0.25) is 0 Å². The van der Waals surface area contributed by atoms with Crippen LogP contribution in [0.5, 0.6) is 0 Å². The first-order chi connectivity index (χ1) is 15.1. The van der Waals surface area contributed by atoms with Crippen molar-refractivity contribution in [2.45, 2.75) is 32.1 Å². The van der Waals surface area contributed by atoms with Crippen molar-refractivity contribution in [3.63, 3.8) is 0 Å². The van der Waals surface area contributed by atoms with Crippen LogP contribution in [0.3, 0.4) is 0 Å². The minimum Gasteiger partial charge on any atom is -0.367 e. The van der Waals surface area contributed by atoms with Crippen molar-refractivity contribution in [2.75, 3.05) is 46.8 Å². The third-order valence-electron chi connectivity index (χ3n) is 6.39. The van der Waals surface area contributed by atoms with Gasteiger partial charge in [-0.2, -0.15) is 0 Å². The Kier molecular flexibility index (Phi) is 7.51. The molecule has 2 aliphatic rings. The first-order valence-corrected chi connectivity index (χ1v) is 11.6. The fraction of sp³-hybridized carbons (Fsp3) is 0.500. The predicted octanol–water partition coefficient (Wildman–Crippen LogP) is 3.32. The van der Waals surface area contributed by atoms with E-state index in [1.54, 1.807) is 0 Å². The zero-order valence-electron chi connectivity index (χ0n) is 19.0. The smallest absolute Gasteiger partial charge is 0.112 e. The quantitative estimate of drug-likeness (QED) is 0.610. The summed E-state index contributed by atoms with van der Waals surface area (Å²) < 4.78 is 7.36. The number of quaternary nitrogens is 1. The van der Waals surface area contributed by atoms with Crippen LogP contribution in [0, 0.1) is 5.92 Å². The van der Waals surface area contributed by atoms with E-state index in [1.807, 2.05) is 18.5 Å². The van der Waals surface area contributed by atoms with Crippen molar-refractivity contribution >= 4 is 12.2 Å². The van der Waals surface area contributed by atoms with Gasteiger partial charge in [-0.15, -0.1) is 0 Å². The Labute approximate surface area is 187 Å². The second kappa shape index (κ2) is 10.5. The van der Waals surface area contributed by atoms with E-state index in [4.69, 9.17) is 4.74 Å². The fourth-order valence-electron chi connectivity index (χ4n) is 4.63. The number of rotatable bonds is 9. The lowest BCUT2D eigenvalue weighted by Crippen LogP contribution is -2.37. The van der Waals surface area contributed by atoms with Crippen LogP contribution in [0.2, 0.25) is 0 Å². The molecule has 2 atom stereocenters. The number of benzene rings is 1. The van der Waals surface area contributed by atoms with E-state index in [0.29, 0.717) is 12.7 Å². The second-order valence-electron chi connectivity index (χ2n) is 9.76. The van der Waals surface area contributed by atoms with E-state index in [-0.39, 0.29) is 0 Å². The molecule has 0 amide bonds. The van der Waals surface area contributed by atoms with Crippen molar-refractivity contribution < 1.29 is 9.22 Å². The van der Waals surface area contributed by atoms with Gasteiger partial charge >= 0.3 is 0 Å². The number of pyridine rings is 1. The molecule has 0 saturated carbocycles. The molecule has 2 aromatic rings. The SMILES string of the molecule is C[N+]1(C)CCC(OCc2cc(/C=C/c3cccnc3)cc(CNCC3CCNC3)c2)C1. The molecule has 5 nitrogen and oxygen atoms in total. The van der Waals surface area contributed by atoms with E-state index in [9.17, 15) is 0 Å². The van der Waals surface area contributed by atoms with Gasteiger partial charge in [0.25, 0.3) is 0 Å². The summed E-state index contributed by atoms with van der Waals surface area (Å²) >= 11 is 0. The molecule has 0 bridgehead atoms. The lowest BCUT2D eigenvalue weighted by atomic mass is 10.0. The van der Waals surface area contributed by atoms with Gasteiger partial charge in [-0.1, -0.05) is 30.4 Å². The third kappa shape index (κ3) is 6.97. The molecule has 1 aromatic heterocycles. The van der Waals surface area contributed by atoms with E-state index >= 15 is 0 Å². The molecule has 1 aromatic carbocycles. The lowest BCUT2D eigenvalue weighted by molar-refractivity contribution is -0.879. The highest BCUT2D eigenvalue weighted by Gasteiger charge is 2.31. The molecule has 0 aliphatic carbocycles. The maximum atomic E-state index is 6.30. The molecular formula is C26H37N4O+. The van der Waals surface area contributed by atoms with Crippen LogP contribution in [-0.2, 0) is 17.9 Å². The van der Waals surface area contributed by atoms with Gasteiger partial charge in [0.15, 0.2) is 0 Å². The number of likely N-dealkylation sites (tertiary alicyclic amines) is 1. The summed E-state index contributed by atoms with van der Waals surface area (Å²) in [6.07, 6.45) is 10.8. The monoisotopic (exact) mass is 421 g/mol. The zero-order chi connectivity index (χ0) is 21.5. The molecule has 31 heavy (non-hydrogen) atoms. The van der Waals surface area contributed by atoms with Crippen LogP contribution in [0.4, 0.5) is 0 Å². The van der Waals surface area contributed by atoms with Gasteiger partial charge in [0.1, 0.15) is 12.6 Å². The lowest BCUT2D eigenvalue weighted by Gasteiger charge is -2.23. The van der Waals surface area contributed by atoms with Crippen LogP contribution in [0.1, 0.15) is 35.1 Å². The average molecular weight is 422 g/mol. The summed E-state index contributed by atoms with van der Waals surface area (Å²) in [7, 11) is 4.58. The number of ether oxygens (including phenoxy) is 1. The Morgan fingerprint density at radius 2 is 2.03 bits per heavy atom. The van der Waals surface area contributed by atoms with E-state index in [1.165, 1.54) is 29.7 Å². The average Bonchev–Trinajstić information content (AvgIpc) is 3.41. The molecule has 2 saturated heterocycles. The van der Waals surface area contributed by atoms with Gasteiger partial charge in [-0.25, -0.2) is 0 Å². The molecule has 0 radical (unpaired) electrons. The molecule has 3 heterocycles. The fourth-order valence-corrected chi connectivity index (χ4v) is 4.63. The Hall–Kier alpha value is -2.05. The second-order valence-corrected chi connectivity index (χ2v) is 9.76.